The monoisotopic (exact) mass is 253 g/mol. The van der Waals surface area contributed by atoms with Crippen molar-refractivity contribution in [1.82, 2.24) is 4.98 Å². The molecule has 94 valence electrons. The second-order valence-electron chi connectivity index (χ2n) is 4.38. The lowest BCUT2D eigenvalue weighted by Gasteiger charge is -1.97. The van der Waals surface area contributed by atoms with Gasteiger partial charge in [0.1, 0.15) is 5.52 Å². The molecule has 19 heavy (non-hydrogen) atoms. The van der Waals surface area contributed by atoms with Gasteiger partial charge in [-0.25, -0.2) is 9.78 Å². The van der Waals surface area contributed by atoms with Crippen molar-refractivity contribution in [2.45, 2.75) is 6.92 Å². The number of rotatable bonds is 2. The number of hydrogen-bond donors (Lipinski definition) is 1. The van der Waals surface area contributed by atoms with Gasteiger partial charge in [0.05, 0.1) is 5.56 Å². The lowest BCUT2D eigenvalue weighted by molar-refractivity contribution is 0.0697. The topological polar surface area (TPSA) is 63.3 Å². The summed E-state index contributed by atoms with van der Waals surface area (Å²) in [6, 6.07) is 12.3. The maximum absolute atomic E-state index is 11.0. The fourth-order valence-electron chi connectivity index (χ4n) is 1.95. The highest BCUT2D eigenvalue weighted by atomic mass is 16.4. The van der Waals surface area contributed by atoms with E-state index in [1.165, 1.54) is 0 Å². The van der Waals surface area contributed by atoms with Gasteiger partial charge < -0.3 is 9.52 Å². The van der Waals surface area contributed by atoms with Crippen LogP contribution in [-0.4, -0.2) is 16.1 Å². The molecule has 4 heteroatoms. The fraction of sp³-hybridized carbons (Fsp3) is 0.0667. The minimum absolute atomic E-state index is 0.218. The smallest absolute Gasteiger partial charge is 0.335 e. The number of nitrogens with zero attached hydrogens (tertiary/aromatic N) is 1. The van der Waals surface area contributed by atoms with Gasteiger partial charge in [0.25, 0.3) is 0 Å². The van der Waals surface area contributed by atoms with Crippen molar-refractivity contribution >= 4 is 17.1 Å². The highest BCUT2D eigenvalue weighted by molar-refractivity contribution is 5.89. The quantitative estimate of drug-likeness (QED) is 0.759. The Hall–Kier alpha value is -2.62. The maximum atomic E-state index is 11.0. The minimum atomic E-state index is -0.964. The summed E-state index contributed by atoms with van der Waals surface area (Å²) in [6.07, 6.45) is 0. The number of carbonyl (C=O) groups is 1. The Morgan fingerprint density at radius 1 is 1.21 bits per heavy atom. The molecule has 0 bridgehead atoms. The second-order valence-corrected chi connectivity index (χ2v) is 4.38. The molecule has 0 atom stereocenters. The van der Waals surface area contributed by atoms with E-state index in [1.807, 2.05) is 25.1 Å². The zero-order valence-corrected chi connectivity index (χ0v) is 10.3. The van der Waals surface area contributed by atoms with Gasteiger partial charge in [-0.15, -0.1) is 0 Å². The van der Waals surface area contributed by atoms with Gasteiger partial charge in [0.15, 0.2) is 5.58 Å². The van der Waals surface area contributed by atoms with Crippen LogP contribution in [0, 0.1) is 6.92 Å². The number of benzene rings is 2. The number of oxazole rings is 1. The molecule has 0 saturated heterocycles. The van der Waals surface area contributed by atoms with Crippen LogP contribution in [0.4, 0.5) is 0 Å². The van der Waals surface area contributed by atoms with Crippen LogP contribution in [0.2, 0.25) is 0 Å². The van der Waals surface area contributed by atoms with Crippen LogP contribution in [0.15, 0.2) is 46.9 Å². The van der Waals surface area contributed by atoms with E-state index in [-0.39, 0.29) is 5.56 Å². The molecule has 1 aromatic heterocycles. The van der Waals surface area contributed by atoms with Gasteiger partial charge in [0.2, 0.25) is 5.89 Å². The van der Waals surface area contributed by atoms with Crippen molar-refractivity contribution in [1.29, 1.82) is 0 Å². The molecule has 0 unspecified atom stereocenters. The van der Waals surface area contributed by atoms with Crippen molar-refractivity contribution in [2.24, 2.45) is 0 Å². The Morgan fingerprint density at radius 3 is 2.84 bits per heavy atom. The molecule has 0 aliphatic heterocycles. The minimum Gasteiger partial charge on any atom is -0.478 e. The van der Waals surface area contributed by atoms with Gasteiger partial charge >= 0.3 is 5.97 Å². The summed E-state index contributed by atoms with van der Waals surface area (Å²) in [4.78, 5) is 15.3. The number of aromatic nitrogens is 1. The van der Waals surface area contributed by atoms with Crippen molar-refractivity contribution < 1.29 is 14.3 Å². The molecular formula is C15H11NO3. The summed E-state index contributed by atoms with van der Waals surface area (Å²) in [5.74, 6) is -0.530. The van der Waals surface area contributed by atoms with E-state index in [2.05, 4.69) is 4.98 Å². The average molecular weight is 253 g/mol. The molecular weight excluding hydrogens is 242 g/mol. The summed E-state index contributed by atoms with van der Waals surface area (Å²) in [5, 5.41) is 8.98. The van der Waals surface area contributed by atoms with Crippen LogP contribution in [0.5, 0.6) is 0 Å². The highest BCUT2D eigenvalue weighted by Gasteiger charge is 2.10. The van der Waals surface area contributed by atoms with Crippen molar-refractivity contribution in [2.75, 3.05) is 0 Å². The third-order valence-corrected chi connectivity index (χ3v) is 2.90. The molecule has 0 saturated carbocycles. The molecule has 3 rings (SSSR count). The molecule has 0 amide bonds. The van der Waals surface area contributed by atoms with Gasteiger partial charge in [-0.1, -0.05) is 12.1 Å². The molecule has 0 spiro atoms. The number of fused-ring (bicyclic) bond motifs is 1. The van der Waals surface area contributed by atoms with E-state index in [1.54, 1.807) is 24.3 Å². The van der Waals surface area contributed by atoms with E-state index < -0.39 is 5.97 Å². The van der Waals surface area contributed by atoms with Crippen LogP contribution in [0.3, 0.4) is 0 Å². The summed E-state index contributed by atoms with van der Waals surface area (Å²) < 4.78 is 5.64. The Balaban J connectivity index is 2.13. The van der Waals surface area contributed by atoms with E-state index >= 15 is 0 Å². The first kappa shape index (κ1) is 11.5. The first-order chi connectivity index (χ1) is 9.13. The predicted octanol–water partition coefficient (Wildman–Crippen LogP) is 3.50. The molecule has 3 aromatic rings. The fourth-order valence-corrected chi connectivity index (χ4v) is 1.95. The number of carboxylic acid groups (broad SMARTS) is 1. The van der Waals surface area contributed by atoms with Crippen molar-refractivity contribution in [3.05, 3.63) is 53.6 Å². The standard InChI is InChI=1S/C15H11NO3/c1-9-5-6-13-12(7-9)16-14(19-13)10-3-2-4-11(8-10)15(17)18/h2-8H,1H3,(H,17,18). The van der Waals surface area contributed by atoms with Gasteiger partial charge in [-0.2, -0.15) is 0 Å². The summed E-state index contributed by atoms with van der Waals surface area (Å²) in [6.45, 7) is 1.98. The van der Waals surface area contributed by atoms with Crippen LogP contribution < -0.4 is 0 Å². The molecule has 0 aliphatic carbocycles. The molecule has 2 aromatic carbocycles. The number of hydrogen-bond acceptors (Lipinski definition) is 3. The van der Waals surface area contributed by atoms with Crippen molar-refractivity contribution in [3.8, 4) is 11.5 Å². The molecule has 1 heterocycles. The highest BCUT2D eigenvalue weighted by Crippen LogP contribution is 2.25. The predicted molar refractivity (Wildman–Crippen MR) is 71.1 cm³/mol. The van der Waals surface area contributed by atoms with E-state index in [0.29, 0.717) is 17.0 Å². The van der Waals surface area contributed by atoms with Gasteiger partial charge in [-0.05, 0) is 42.8 Å². The Labute approximate surface area is 109 Å². The third kappa shape index (κ3) is 2.08. The normalized spacial score (nSPS) is 10.8. The van der Waals surface area contributed by atoms with E-state index in [9.17, 15) is 4.79 Å². The zero-order valence-electron chi connectivity index (χ0n) is 10.3. The largest absolute Gasteiger partial charge is 0.478 e. The molecule has 1 N–H and O–H groups in total. The molecule has 0 radical (unpaired) electrons. The average Bonchev–Trinajstić information content (AvgIpc) is 2.81. The Bertz CT molecular complexity index is 774. The van der Waals surface area contributed by atoms with E-state index in [0.717, 1.165) is 11.1 Å². The first-order valence-electron chi connectivity index (χ1n) is 5.84. The van der Waals surface area contributed by atoms with Crippen LogP contribution in [-0.2, 0) is 0 Å². The van der Waals surface area contributed by atoms with Crippen LogP contribution in [0.1, 0.15) is 15.9 Å². The third-order valence-electron chi connectivity index (χ3n) is 2.90. The Kier molecular flexibility index (Phi) is 2.56. The summed E-state index contributed by atoms with van der Waals surface area (Å²) in [7, 11) is 0. The molecule has 0 fully saturated rings. The second kappa shape index (κ2) is 4.24. The number of aromatic carboxylic acids is 1. The van der Waals surface area contributed by atoms with Gasteiger partial charge in [0, 0.05) is 5.56 Å². The summed E-state index contributed by atoms with van der Waals surface area (Å²) in [5.41, 5.74) is 3.45. The summed E-state index contributed by atoms with van der Waals surface area (Å²) >= 11 is 0. The van der Waals surface area contributed by atoms with Gasteiger partial charge in [-0.3, -0.25) is 0 Å². The molecule has 4 nitrogen and oxygen atoms in total. The van der Waals surface area contributed by atoms with Crippen LogP contribution >= 0.6 is 0 Å². The SMILES string of the molecule is Cc1ccc2oc(-c3cccc(C(=O)O)c3)nc2c1. The lowest BCUT2D eigenvalue weighted by atomic mass is 10.1. The Morgan fingerprint density at radius 2 is 2.05 bits per heavy atom. The lowest BCUT2D eigenvalue weighted by Crippen LogP contribution is -1.95. The maximum Gasteiger partial charge on any atom is 0.335 e. The number of carboxylic acids is 1. The zero-order chi connectivity index (χ0) is 13.4. The van der Waals surface area contributed by atoms with E-state index in [4.69, 9.17) is 9.52 Å². The molecule has 0 aliphatic rings. The van der Waals surface area contributed by atoms with Crippen molar-refractivity contribution in [3.63, 3.8) is 0 Å². The first-order valence-corrected chi connectivity index (χ1v) is 5.84. The number of aryl methyl sites for hydroxylation is 1. The van der Waals surface area contributed by atoms with Crippen LogP contribution in [0.25, 0.3) is 22.6 Å².